The SMILES string of the molecule is CN=C(NCCc1cccc(C(=O)NC)c1)NCC(C)c1cccs1.I. The molecular weight excluding hydrogens is 459 g/mol. The Kier molecular flexibility index (Phi) is 10.3. The predicted octanol–water partition coefficient (Wildman–Crippen LogP) is 3.24. The first-order valence-electron chi connectivity index (χ1n) is 8.43. The average Bonchev–Trinajstić information content (AvgIpc) is 3.18. The Morgan fingerprint density at radius 2 is 2.04 bits per heavy atom. The number of halogens is 1. The molecule has 0 saturated carbocycles. The number of hydrogen-bond donors (Lipinski definition) is 3. The highest BCUT2D eigenvalue weighted by Gasteiger charge is 2.08. The van der Waals surface area contributed by atoms with E-state index in [4.69, 9.17) is 0 Å². The van der Waals surface area contributed by atoms with E-state index in [0.717, 1.165) is 31.0 Å². The van der Waals surface area contributed by atoms with Crippen LogP contribution < -0.4 is 16.0 Å². The summed E-state index contributed by atoms with van der Waals surface area (Å²) in [4.78, 5) is 17.3. The fraction of sp³-hybridized carbons (Fsp3) is 0.368. The number of amides is 1. The third-order valence-corrected chi connectivity index (χ3v) is 5.05. The minimum absolute atomic E-state index is 0. The first-order chi connectivity index (χ1) is 12.1. The fourth-order valence-electron chi connectivity index (χ4n) is 2.48. The van der Waals surface area contributed by atoms with E-state index in [0.29, 0.717) is 11.5 Å². The molecule has 1 amide bonds. The molecule has 2 rings (SSSR count). The van der Waals surface area contributed by atoms with Gasteiger partial charge in [-0.2, -0.15) is 0 Å². The molecule has 0 fully saturated rings. The summed E-state index contributed by atoms with van der Waals surface area (Å²) in [7, 11) is 3.42. The van der Waals surface area contributed by atoms with Crippen molar-refractivity contribution >= 4 is 47.2 Å². The van der Waals surface area contributed by atoms with Gasteiger partial charge in [-0.15, -0.1) is 35.3 Å². The zero-order chi connectivity index (χ0) is 18.1. The number of hydrogen-bond acceptors (Lipinski definition) is 3. The molecule has 0 radical (unpaired) electrons. The summed E-state index contributed by atoms with van der Waals surface area (Å²) in [5, 5.41) is 11.4. The third kappa shape index (κ3) is 6.95. The zero-order valence-electron chi connectivity index (χ0n) is 15.4. The lowest BCUT2D eigenvalue weighted by molar-refractivity contribution is 0.0963. The van der Waals surface area contributed by atoms with Gasteiger partial charge in [-0.3, -0.25) is 9.79 Å². The highest BCUT2D eigenvalue weighted by atomic mass is 127. The maximum Gasteiger partial charge on any atom is 0.251 e. The molecule has 7 heteroatoms. The number of thiophene rings is 1. The first kappa shape index (κ1) is 22.4. The van der Waals surface area contributed by atoms with Crippen LogP contribution in [-0.2, 0) is 6.42 Å². The molecule has 1 aromatic carbocycles. The van der Waals surface area contributed by atoms with Crippen molar-refractivity contribution in [3.63, 3.8) is 0 Å². The van der Waals surface area contributed by atoms with Crippen molar-refractivity contribution in [1.29, 1.82) is 0 Å². The van der Waals surface area contributed by atoms with Gasteiger partial charge in [0.2, 0.25) is 0 Å². The Hall–Kier alpha value is -1.61. The topological polar surface area (TPSA) is 65.5 Å². The smallest absolute Gasteiger partial charge is 0.251 e. The summed E-state index contributed by atoms with van der Waals surface area (Å²) in [5.41, 5.74) is 1.81. The predicted molar refractivity (Wildman–Crippen MR) is 121 cm³/mol. The van der Waals surface area contributed by atoms with Crippen LogP contribution in [0, 0.1) is 0 Å². The minimum Gasteiger partial charge on any atom is -0.356 e. The van der Waals surface area contributed by atoms with E-state index < -0.39 is 0 Å². The maximum absolute atomic E-state index is 11.7. The van der Waals surface area contributed by atoms with Gasteiger partial charge in [-0.05, 0) is 35.6 Å². The molecule has 0 aliphatic rings. The highest BCUT2D eigenvalue weighted by Crippen LogP contribution is 2.19. The van der Waals surface area contributed by atoms with Gasteiger partial charge in [-0.1, -0.05) is 25.1 Å². The Labute approximate surface area is 176 Å². The Bertz CT molecular complexity index is 703. The molecule has 1 heterocycles. The monoisotopic (exact) mass is 486 g/mol. The molecule has 142 valence electrons. The summed E-state index contributed by atoms with van der Waals surface area (Å²) >= 11 is 1.78. The fourth-order valence-corrected chi connectivity index (χ4v) is 3.27. The van der Waals surface area contributed by atoms with E-state index >= 15 is 0 Å². The number of carbonyl (C=O) groups excluding carboxylic acids is 1. The van der Waals surface area contributed by atoms with E-state index in [9.17, 15) is 4.79 Å². The Morgan fingerprint density at radius 3 is 2.69 bits per heavy atom. The van der Waals surface area contributed by atoms with Crippen LogP contribution in [0.2, 0.25) is 0 Å². The van der Waals surface area contributed by atoms with Crippen molar-refractivity contribution in [2.45, 2.75) is 19.3 Å². The second kappa shape index (κ2) is 11.9. The van der Waals surface area contributed by atoms with Crippen LogP contribution in [-0.4, -0.2) is 39.1 Å². The molecule has 26 heavy (non-hydrogen) atoms. The molecule has 1 atom stereocenters. The van der Waals surface area contributed by atoms with Crippen molar-refractivity contribution in [2.24, 2.45) is 4.99 Å². The maximum atomic E-state index is 11.7. The van der Waals surface area contributed by atoms with Crippen molar-refractivity contribution < 1.29 is 4.79 Å². The number of guanidine groups is 1. The van der Waals surface area contributed by atoms with Gasteiger partial charge >= 0.3 is 0 Å². The lowest BCUT2D eigenvalue weighted by atomic mass is 10.1. The summed E-state index contributed by atoms with van der Waals surface area (Å²) < 4.78 is 0. The average molecular weight is 486 g/mol. The molecule has 1 aromatic heterocycles. The van der Waals surface area contributed by atoms with E-state index in [1.807, 2.05) is 24.3 Å². The van der Waals surface area contributed by atoms with Gasteiger partial charge in [0, 0.05) is 43.5 Å². The zero-order valence-corrected chi connectivity index (χ0v) is 18.6. The lowest BCUT2D eigenvalue weighted by Gasteiger charge is -2.15. The van der Waals surface area contributed by atoms with Gasteiger partial charge in [0.1, 0.15) is 0 Å². The van der Waals surface area contributed by atoms with Crippen LogP contribution in [0.5, 0.6) is 0 Å². The molecule has 3 N–H and O–H groups in total. The quantitative estimate of drug-likeness (QED) is 0.320. The van der Waals surface area contributed by atoms with Gasteiger partial charge in [-0.25, -0.2) is 0 Å². The Balaban J connectivity index is 0.00000338. The van der Waals surface area contributed by atoms with E-state index in [-0.39, 0.29) is 29.9 Å². The standard InChI is InChI=1S/C19H26N4OS.HI/c1-14(17-8-5-11-25-17)13-23-19(21-3)22-10-9-15-6-4-7-16(12-15)18(24)20-2;/h4-8,11-12,14H,9-10,13H2,1-3H3,(H,20,24)(H2,21,22,23);1H. The largest absolute Gasteiger partial charge is 0.356 e. The van der Waals surface area contributed by atoms with Crippen molar-refractivity contribution in [1.82, 2.24) is 16.0 Å². The number of carbonyl (C=O) groups is 1. The number of benzene rings is 1. The highest BCUT2D eigenvalue weighted by molar-refractivity contribution is 14.0. The molecule has 0 spiro atoms. The van der Waals surface area contributed by atoms with Gasteiger partial charge < -0.3 is 16.0 Å². The summed E-state index contributed by atoms with van der Waals surface area (Å²) in [6.45, 7) is 3.80. The summed E-state index contributed by atoms with van der Waals surface area (Å²) in [6.07, 6.45) is 0.825. The molecule has 0 aliphatic heterocycles. The number of nitrogens with zero attached hydrogens (tertiary/aromatic N) is 1. The second-order valence-corrected chi connectivity index (χ2v) is 6.81. The van der Waals surface area contributed by atoms with Gasteiger partial charge in [0.25, 0.3) is 5.91 Å². The van der Waals surface area contributed by atoms with Crippen LogP contribution in [0.1, 0.15) is 33.6 Å². The molecule has 1 unspecified atom stereocenters. The molecular formula is C19H27IN4OS. The Morgan fingerprint density at radius 1 is 1.23 bits per heavy atom. The minimum atomic E-state index is -0.0603. The van der Waals surface area contributed by atoms with Crippen molar-refractivity contribution in [3.8, 4) is 0 Å². The van der Waals surface area contributed by atoms with Crippen molar-refractivity contribution in [2.75, 3.05) is 27.2 Å². The molecule has 2 aromatic rings. The first-order valence-corrected chi connectivity index (χ1v) is 9.31. The molecule has 0 saturated heterocycles. The molecule has 0 aliphatic carbocycles. The third-order valence-electron chi connectivity index (χ3n) is 3.95. The second-order valence-electron chi connectivity index (χ2n) is 5.83. The van der Waals surface area contributed by atoms with E-state index in [1.54, 1.807) is 25.4 Å². The van der Waals surface area contributed by atoms with Crippen LogP contribution in [0.4, 0.5) is 0 Å². The van der Waals surface area contributed by atoms with E-state index in [1.165, 1.54) is 4.88 Å². The van der Waals surface area contributed by atoms with Gasteiger partial charge in [0.05, 0.1) is 0 Å². The number of nitrogens with one attached hydrogen (secondary N) is 3. The van der Waals surface area contributed by atoms with Crippen molar-refractivity contribution in [3.05, 3.63) is 57.8 Å². The van der Waals surface area contributed by atoms with E-state index in [2.05, 4.69) is 45.4 Å². The number of aliphatic imine (C=N–C) groups is 1. The van der Waals surface area contributed by atoms with Crippen LogP contribution >= 0.6 is 35.3 Å². The van der Waals surface area contributed by atoms with Crippen LogP contribution in [0.15, 0.2) is 46.8 Å². The number of rotatable bonds is 7. The van der Waals surface area contributed by atoms with Gasteiger partial charge in [0.15, 0.2) is 5.96 Å². The molecule has 5 nitrogen and oxygen atoms in total. The van der Waals surface area contributed by atoms with Crippen LogP contribution in [0.25, 0.3) is 0 Å². The molecule has 0 bridgehead atoms. The summed E-state index contributed by atoms with van der Waals surface area (Å²) in [5.74, 6) is 1.18. The summed E-state index contributed by atoms with van der Waals surface area (Å²) in [6, 6.07) is 11.9. The van der Waals surface area contributed by atoms with Crippen LogP contribution in [0.3, 0.4) is 0 Å². The lowest BCUT2D eigenvalue weighted by Crippen LogP contribution is -2.39. The normalized spacial score (nSPS) is 12.0.